The SMILES string of the molecule is CC(=NNC(=O)Cc1ccc(Br)c2ccccc12)c1ccccc1. The Hall–Kier alpha value is -2.46. The van der Waals surface area contributed by atoms with Crippen LogP contribution in [0.5, 0.6) is 0 Å². The van der Waals surface area contributed by atoms with E-state index >= 15 is 0 Å². The van der Waals surface area contributed by atoms with E-state index in [9.17, 15) is 4.79 Å². The summed E-state index contributed by atoms with van der Waals surface area (Å²) in [4.78, 5) is 12.2. The molecule has 0 fully saturated rings. The Kier molecular flexibility index (Phi) is 5.06. The number of halogens is 1. The van der Waals surface area contributed by atoms with Crippen LogP contribution in [0.1, 0.15) is 18.1 Å². The van der Waals surface area contributed by atoms with Crippen LogP contribution in [0.3, 0.4) is 0 Å². The second-order valence-corrected chi connectivity index (χ2v) is 6.38. The average molecular weight is 381 g/mol. The summed E-state index contributed by atoms with van der Waals surface area (Å²) >= 11 is 3.55. The van der Waals surface area contributed by atoms with Gasteiger partial charge in [-0.3, -0.25) is 4.79 Å². The molecular weight excluding hydrogens is 364 g/mol. The van der Waals surface area contributed by atoms with Crippen molar-refractivity contribution < 1.29 is 4.79 Å². The van der Waals surface area contributed by atoms with E-state index in [0.717, 1.165) is 32.1 Å². The number of carbonyl (C=O) groups is 1. The Balaban J connectivity index is 1.75. The third kappa shape index (κ3) is 3.71. The normalized spacial score (nSPS) is 11.5. The minimum absolute atomic E-state index is 0.127. The Morgan fingerprint density at radius 3 is 2.38 bits per heavy atom. The summed E-state index contributed by atoms with van der Waals surface area (Å²) < 4.78 is 1.03. The number of rotatable bonds is 4. The van der Waals surface area contributed by atoms with Crippen molar-refractivity contribution >= 4 is 38.3 Å². The maximum Gasteiger partial charge on any atom is 0.244 e. The largest absolute Gasteiger partial charge is 0.273 e. The summed E-state index contributed by atoms with van der Waals surface area (Å²) in [6, 6.07) is 21.8. The fraction of sp³-hybridized carbons (Fsp3) is 0.100. The van der Waals surface area contributed by atoms with Crippen molar-refractivity contribution in [2.45, 2.75) is 13.3 Å². The molecular formula is C20H17BrN2O. The Morgan fingerprint density at radius 2 is 1.62 bits per heavy atom. The summed E-state index contributed by atoms with van der Waals surface area (Å²) in [6.07, 6.45) is 0.291. The summed E-state index contributed by atoms with van der Waals surface area (Å²) in [6.45, 7) is 1.88. The van der Waals surface area contributed by atoms with Crippen LogP contribution in [-0.2, 0) is 11.2 Å². The minimum Gasteiger partial charge on any atom is -0.273 e. The number of hydrogen-bond acceptors (Lipinski definition) is 2. The highest BCUT2D eigenvalue weighted by molar-refractivity contribution is 9.10. The van der Waals surface area contributed by atoms with Gasteiger partial charge in [-0.2, -0.15) is 5.10 Å². The highest BCUT2D eigenvalue weighted by Gasteiger charge is 2.08. The van der Waals surface area contributed by atoms with Crippen molar-refractivity contribution in [2.24, 2.45) is 5.10 Å². The van der Waals surface area contributed by atoms with E-state index in [1.807, 2.05) is 73.7 Å². The second-order valence-electron chi connectivity index (χ2n) is 5.53. The van der Waals surface area contributed by atoms with Crippen molar-refractivity contribution in [3.05, 3.63) is 82.3 Å². The first-order chi connectivity index (χ1) is 11.6. The molecule has 3 aromatic carbocycles. The van der Waals surface area contributed by atoms with E-state index in [4.69, 9.17) is 0 Å². The smallest absolute Gasteiger partial charge is 0.244 e. The molecule has 0 atom stereocenters. The van der Waals surface area contributed by atoms with Crippen LogP contribution in [0.4, 0.5) is 0 Å². The zero-order chi connectivity index (χ0) is 16.9. The standard InChI is InChI=1S/C20H17BrN2O/c1-14(15-7-3-2-4-8-15)22-23-20(24)13-16-11-12-19(21)18-10-6-5-9-17(16)18/h2-12H,13H2,1H3,(H,23,24). The molecule has 3 nitrogen and oxygen atoms in total. The number of hydrazone groups is 1. The number of carbonyl (C=O) groups excluding carboxylic acids is 1. The van der Waals surface area contributed by atoms with Crippen LogP contribution in [0.25, 0.3) is 10.8 Å². The molecule has 24 heavy (non-hydrogen) atoms. The van der Waals surface area contributed by atoms with E-state index < -0.39 is 0 Å². The van der Waals surface area contributed by atoms with Gasteiger partial charge in [-0.1, -0.05) is 76.6 Å². The summed E-state index contributed by atoms with van der Waals surface area (Å²) in [7, 11) is 0. The molecule has 4 heteroatoms. The number of hydrogen-bond donors (Lipinski definition) is 1. The molecule has 0 aromatic heterocycles. The van der Waals surface area contributed by atoms with Gasteiger partial charge in [0, 0.05) is 4.47 Å². The van der Waals surface area contributed by atoms with E-state index in [-0.39, 0.29) is 5.91 Å². The van der Waals surface area contributed by atoms with Crippen molar-refractivity contribution in [3.8, 4) is 0 Å². The van der Waals surface area contributed by atoms with Gasteiger partial charge in [-0.25, -0.2) is 5.43 Å². The molecule has 120 valence electrons. The molecule has 3 aromatic rings. The molecule has 0 aliphatic carbocycles. The quantitative estimate of drug-likeness (QED) is 0.517. The van der Waals surface area contributed by atoms with Crippen molar-refractivity contribution in [2.75, 3.05) is 0 Å². The van der Waals surface area contributed by atoms with Crippen LogP contribution in [0.2, 0.25) is 0 Å². The van der Waals surface area contributed by atoms with Gasteiger partial charge in [0.25, 0.3) is 0 Å². The van der Waals surface area contributed by atoms with Crippen LogP contribution in [0, 0.1) is 0 Å². The van der Waals surface area contributed by atoms with Gasteiger partial charge in [0.1, 0.15) is 0 Å². The first-order valence-corrected chi connectivity index (χ1v) is 8.49. The van der Waals surface area contributed by atoms with Crippen molar-refractivity contribution in [1.29, 1.82) is 0 Å². The third-order valence-electron chi connectivity index (χ3n) is 3.85. The molecule has 0 aliphatic rings. The van der Waals surface area contributed by atoms with Crippen LogP contribution >= 0.6 is 15.9 Å². The number of nitrogens with one attached hydrogen (secondary N) is 1. The lowest BCUT2D eigenvalue weighted by molar-refractivity contribution is -0.120. The first-order valence-electron chi connectivity index (χ1n) is 7.70. The zero-order valence-corrected chi connectivity index (χ0v) is 14.9. The Morgan fingerprint density at radius 1 is 0.958 bits per heavy atom. The van der Waals surface area contributed by atoms with Gasteiger partial charge in [0.15, 0.2) is 0 Å². The topological polar surface area (TPSA) is 41.5 Å². The minimum atomic E-state index is -0.127. The highest BCUT2D eigenvalue weighted by atomic mass is 79.9. The lowest BCUT2D eigenvalue weighted by Crippen LogP contribution is -2.21. The van der Waals surface area contributed by atoms with Crippen molar-refractivity contribution in [1.82, 2.24) is 5.43 Å². The van der Waals surface area contributed by atoms with Gasteiger partial charge >= 0.3 is 0 Å². The van der Waals surface area contributed by atoms with E-state index in [1.165, 1.54) is 0 Å². The maximum atomic E-state index is 12.2. The molecule has 0 heterocycles. The molecule has 0 unspecified atom stereocenters. The molecule has 0 saturated heterocycles. The lowest BCUT2D eigenvalue weighted by atomic mass is 10.0. The highest BCUT2D eigenvalue weighted by Crippen LogP contribution is 2.27. The monoisotopic (exact) mass is 380 g/mol. The molecule has 0 aliphatic heterocycles. The molecule has 0 radical (unpaired) electrons. The van der Waals surface area contributed by atoms with E-state index in [2.05, 4.69) is 26.5 Å². The number of benzene rings is 3. The van der Waals surface area contributed by atoms with Crippen LogP contribution < -0.4 is 5.43 Å². The Labute approximate surface area is 149 Å². The molecule has 1 amide bonds. The van der Waals surface area contributed by atoms with Gasteiger partial charge in [0.05, 0.1) is 12.1 Å². The number of fused-ring (bicyclic) bond motifs is 1. The molecule has 0 bridgehead atoms. The molecule has 0 saturated carbocycles. The Bertz CT molecular complexity index is 904. The van der Waals surface area contributed by atoms with Crippen LogP contribution in [-0.4, -0.2) is 11.6 Å². The average Bonchev–Trinajstić information content (AvgIpc) is 2.63. The maximum absolute atomic E-state index is 12.2. The van der Waals surface area contributed by atoms with E-state index in [1.54, 1.807) is 0 Å². The lowest BCUT2D eigenvalue weighted by Gasteiger charge is -2.08. The van der Waals surface area contributed by atoms with Gasteiger partial charge in [-0.15, -0.1) is 0 Å². The fourth-order valence-electron chi connectivity index (χ4n) is 2.58. The number of nitrogens with zero attached hydrogens (tertiary/aromatic N) is 1. The van der Waals surface area contributed by atoms with Gasteiger partial charge < -0.3 is 0 Å². The van der Waals surface area contributed by atoms with Gasteiger partial charge in [0.2, 0.25) is 5.91 Å². The first kappa shape index (κ1) is 16.4. The predicted octanol–water partition coefficient (Wildman–Crippen LogP) is 4.69. The van der Waals surface area contributed by atoms with Gasteiger partial charge in [-0.05, 0) is 34.9 Å². The fourth-order valence-corrected chi connectivity index (χ4v) is 3.06. The molecule has 1 N–H and O–H groups in total. The molecule has 3 rings (SSSR count). The number of amides is 1. The predicted molar refractivity (Wildman–Crippen MR) is 102 cm³/mol. The third-order valence-corrected chi connectivity index (χ3v) is 4.54. The van der Waals surface area contributed by atoms with E-state index in [0.29, 0.717) is 6.42 Å². The van der Waals surface area contributed by atoms with Crippen molar-refractivity contribution in [3.63, 3.8) is 0 Å². The zero-order valence-electron chi connectivity index (χ0n) is 13.3. The second kappa shape index (κ2) is 7.41. The summed E-state index contributed by atoms with van der Waals surface area (Å²) in [5.41, 5.74) is 5.41. The molecule has 0 spiro atoms. The van der Waals surface area contributed by atoms with Crippen LogP contribution in [0.15, 0.2) is 76.3 Å². The summed E-state index contributed by atoms with van der Waals surface area (Å²) in [5, 5.41) is 6.37. The summed E-state index contributed by atoms with van der Waals surface area (Å²) in [5.74, 6) is -0.127.